The molecule has 0 spiro atoms. The number of nitrogens with zero attached hydrogens (tertiary/aromatic N) is 1. The van der Waals surface area contributed by atoms with Crippen LogP contribution in [0.15, 0.2) is 107 Å². The molecule has 0 N–H and O–H groups in total. The van der Waals surface area contributed by atoms with Crippen LogP contribution in [0.2, 0.25) is 0 Å². The molecular formula is C27H24FNO6S. The SMILES string of the molecule is O=C(COCc1ccccc1)N(Cc1cccc(OS(=O)(=O)c2ccc(F)cc2)c1)Cc1ccco1. The van der Waals surface area contributed by atoms with Gasteiger partial charge in [0.1, 0.15) is 28.8 Å². The largest absolute Gasteiger partial charge is 0.467 e. The molecule has 4 rings (SSSR count). The number of hydrogen-bond acceptors (Lipinski definition) is 6. The molecule has 4 aromatic rings. The fourth-order valence-electron chi connectivity index (χ4n) is 3.44. The van der Waals surface area contributed by atoms with Crippen molar-refractivity contribution in [1.82, 2.24) is 4.90 Å². The van der Waals surface area contributed by atoms with Crippen LogP contribution in [0.1, 0.15) is 16.9 Å². The molecule has 0 aliphatic rings. The van der Waals surface area contributed by atoms with E-state index >= 15 is 0 Å². The summed E-state index contributed by atoms with van der Waals surface area (Å²) in [5.41, 5.74) is 1.60. The number of carbonyl (C=O) groups excluding carboxylic acids is 1. The molecule has 3 aromatic carbocycles. The van der Waals surface area contributed by atoms with Gasteiger partial charge in [-0.3, -0.25) is 4.79 Å². The Hall–Kier alpha value is -3.95. The van der Waals surface area contributed by atoms with Gasteiger partial charge in [-0.25, -0.2) is 4.39 Å². The molecule has 186 valence electrons. The number of ether oxygens (including phenoxy) is 1. The molecule has 0 bridgehead atoms. The van der Waals surface area contributed by atoms with Crippen molar-refractivity contribution in [1.29, 1.82) is 0 Å². The van der Waals surface area contributed by atoms with Crippen molar-refractivity contribution in [2.75, 3.05) is 6.61 Å². The summed E-state index contributed by atoms with van der Waals surface area (Å²) in [6.07, 6.45) is 1.53. The number of benzene rings is 3. The van der Waals surface area contributed by atoms with E-state index in [-0.39, 0.29) is 36.2 Å². The molecule has 0 saturated carbocycles. The second kappa shape index (κ2) is 11.7. The van der Waals surface area contributed by atoms with Crippen molar-refractivity contribution in [3.8, 4) is 5.75 Å². The average Bonchev–Trinajstić information content (AvgIpc) is 3.38. The van der Waals surface area contributed by atoms with Crippen molar-refractivity contribution in [2.24, 2.45) is 0 Å². The van der Waals surface area contributed by atoms with Gasteiger partial charge in [-0.1, -0.05) is 42.5 Å². The molecule has 1 heterocycles. The van der Waals surface area contributed by atoms with Gasteiger partial charge in [0.15, 0.2) is 0 Å². The third-order valence-corrected chi connectivity index (χ3v) is 6.46. The lowest BCUT2D eigenvalue weighted by Gasteiger charge is -2.22. The van der Waals surface area contributed by atoms with Crippen LogP contribution in [-0.2, 0) is 39.3 Å². The summed E-state index contributed by atoms with van der Waals surface area (Å²) in [5, 5.41) is 0. The standard InChI is InChI=1S/C27H24FNO6S/c28-23-11-13-26(14-12-23)36(31,32)35-24-9-4-8-22(16-24)17-29(18-25-10-5-15-34-25)27(30)20-33-19-21-6-2-1-3-7-21/h1-16H,17-20H2. The van der Waals surface area contributed by atoms with Crippen molar-refractivity contribution in [2.45, 2.75) is 24.6 Å². The molecular weight excluding hydrogens is 485 g/mol. The molecule has 0 aliphatic heterocycles. The van der Waals surface area contributed by atoms with Gasteiger partial charge >= 0.3 is 10.1 Å². The zero-order chi connectivity index (χ0) is 25.4. The highest BCUT2D eigenvalue weighted by Gasteiger charge is 2.19. The predicted octanol–water partition coefficient (Wildman–Crippen LogP) is 4.93. The third-order valence-electron chi connectivity index (χ3n) is 5.20. The van der Waals surface area contributed by atoms with E-state index in [0.29, 0.717) is 17.9 Å². The van der Waals surface area contributed by atoms with Crippen LogP contribution >= 0.6 is 0 Å². The van der Waals surface area contributed by atoms with E-state index in [2.05, 4.69) is 0 Å². The first-order valence-corrected chi connectivity index (χ1v) is 12.5. The van der Waals surface area contributed by atoms with Crippen LogP contribution in [-0.4, -0.2) is 25.8 Å². The van der Waals surface area contributed by atoms with E-state index in [1.807, 2.05) is 30.3 Å². The normalized spacial score (nSPS) is 11.2. The van der Waals surface area contributed by atoms with Gasteiger partial charge in [-0.2, -0.15) is 8.42 Å². The van der Waals surface area contributed by atoms with Crippen LogP contribution < -0.4 is 4.18 Å². The fourth-order valence-corrected chi connectivity index (χ4v) is 4.36. The zero-order valence-electron chi connectivity index (χ0n) is 19.2. The summed E-state index contributed by atoms with van der Waals surface area (Å²) < 4.78 is 54.5. The second-order valence-electron chi connectivity index (χ2n) is 7.95. The lowest BCUT2D eigenvalue weighted by Crippen LogP contribution is -2.33. The lowest BCUT2D eigenvalue weighted by molar-refractivity contribution is -0.138. The Kier molecular flexibility index (Phi) is 8.14. The van der Waals surface area contributed by atoms with E-state index in [0.717, 1.165) is 29.8 Å². The molecule has 1 amide bonds. The Morgan fingerprint density at radius 2 is 1.61 bits per heavy atom. The smallest absolute Gasteiger partial charge is 0.339 e. The number of hydrogen-bond donors (Lipinski definition) is 0. The topological polar surface area (TPSA) is 86.0 Å². The Labute approximate surface area is 208 Å². The first-order chi connectivity index (χ1) is 17.4. The van der Waals surface area contributed by atoms with E-state index < -0.39 is 15.9 Å². The van der Waals surface area contributed by atoms with Crippen molar-refractivity contribution in [3.63, 3.8) is 0 Å². The third kappa shape index (κ3) is 7.03. The van der Waals surface area contributed by atoms with Crippen LogP contribution in [0.25, 0.3) is 0 Å². The highest BCUT2D eigenvalue weighted by atomic mass is 32.2. The molecule has 0 atom stereocenters. The van der Waals surface area contributed by atoms with Gasteiger partial charge < -0.3 is 18.2 Å². The van der Waals surface area contributed by atoms with Gasteiger partial charge in [-0.15, -0.1) is 0 Å². The van der Waals surface area contributed by atoms with Gasteiger partial charge in [-0.05, 0) is 59.7 Å². The predicted molar refractivity (Wildman–Crippen MR) is 130 cm³/mol. The Morgan fingerprint density at radius 1 is 0.861 bits per heavy atom. The van der Waals surface area contributed by atoms with Crippen LogP contribution in [0.5, 0.6) is 5.75 Å². The summed E-state index contributed by atoms with van der Waals surface area (Å²) in [7, 11) is -4.15. The van der Waals surface area contributed by atoms with E-state index in [1.54, 1.807) is 29.2 Å². The Bertz CT molecular complexity index is 1370. The quantitative estimate of drug-likeness (QED) is 0.267. The number of carbonyl (C=O) groups is 1. The minimum absolute atomic E-state index is 0.0718. The number of halogens is 1. The molecule has 7 nitrogen and oxygen atoms in total. The zero-order valence-corrected chi connectivity index (χ0v) is 20.1. The monoisotopic (exact) mass is 509 g/mol. The maximum absolute atomic E-state index is 13.2. The summed E-state index contributed by atoms with van der Waals surface area (Å²) in [6.45, 7) is 0.540. The highest BCUT2D eigenvalue weighted by molar-refractivity contribution is 7.87. The van der Waals surface area contributed by atoms with Crippen LogP contribution in [0.3, 0.4) is 0 Å². The highest BCUT2D eigenvalue weighted by Crippen LogP contribution is 2.22. The Morgan fingerprint density at radius 3 is 2.33 bits per heavy atom. The maximum Gasteiger partial charge on any atom is 0.339 e. The average molecular weight is 510 g/mol. The molecule has 0 unspecified atom stereocenters. The maximum atomic E-state index is 13.2. The van der Waals surface area contributed by atoms with Crippen molar-refractivity contribution >= 4 is 16.0 Å². The molecule has 0 aliphatic carbocycles. The minimum atomic E-state index is -4.15. The van der Waals surface area contributed by atoms with Crippen molar-refractivity contribution in [3.05, 3.63) is 120 Å². The lowest BCUT2D eigenvalue weighted by atomic mass is 10.2. The number of rotatable bonds is 11. The van der Waals surface area contributed by atoms with Gasteiger partial charge in [0.05, 0.1) is 19.4 Å². The van der Waals surface area contributed by atoms with E-state index in [1.165, 1.54) is 18.4 Å². The Balaban J connectivity index is 1.45. The second-order valence-corrected chi connectivity index (χ2v) is 9.49. The summed E-state index contributed by atoms with van der Waals surface area (Å²) >= 11 is 0. The van der Waals surface area contributed by atoms with E-state index in [9.17, 15) is 17.6 Å². The van der Waals surface area contributed by atoms with Crippen LogP contribution in [0, 0.1) is 5.82 Å². The van der Waals surface area contributed by atoms with E-state index in [4.69, 9.17) is 13.3 Å². The summed E-state index contributed by atoms with van der Waals surface area (Å²) in [5.74, 6) is -0.141. The number of furan rings is 1. The van der Waals surface area contributed by atoms with Gasteiger partial charge in [0, 0.05) is 6.54 Å². The summed E-state index contributed by atoms with van der Waals surface area (Å²) in [6, 6.07) is 23.8. The fraction of sp³-hybridized carbons (Fsp3) is 0.148. The molecule has 0 radical (unpaired) electrons. The van der Waals surface area contributed by atoms with Crippen molar-refractivity contribution < 1.29 is 30.9 Å². The minimum Gasteiger partial charge on any atom is -0.467 e. The first kappa shape index (κ1) is 25.2. The van der Waals surface area contributed by atoms with Gasteiger partial charge in [0.25, 0.3) is 0 Å². The first-order valence-electron chi connectivity index (χ1n) is 11.1. The molecule has 9 heteroatoms. The molecule has 0 saturated heterocycles. The number of amides is 1. The van der Waals surface area contributed by atoms with Crippen LogP contribution in [0.4, 0.5) is 4.39 Å². The molecule has 36 heavy (non-hydrogen) atoms. The summed E-state index contributed by atoms with van der Waals surface area (Å²) in [4.78, 5) is 14.4. The molecule has 0 fully saturated rings. The molecule has 1 aromatic heterocycles. The van der Waals surface area contributed by atoms with Gasteiger partial charge in [0.2, 0.25) is 5.91 Å².